The van der Waals surface area contributed by atoms with Crippen molar-refractivity contribution in [3.8, 4) is 0 Å². The Bertz CT molecular complexity index is 896. The molecule has 0 fully saturated rings. The van der Waals surface area contributed by atoms with Crippen molar-refractivity contribution in [2.45, 2.75) is 12.5 Å². The van der Waals surface area contributed by atoms with Crippen LogP contribution in [0.3, 0.4) is 0 Å². The summed E-state index contributed by atoms with van der Waals surface area (Å²) in [5.74, 6) is -0.568. The van der Waals surface area contributed by atoms with Gasteiger partial charge in [0.25, 0.3) is 5.91 Å². The number of amides is 1. The highest BCUT2D eigenvalue weighted by Crippen LogP contribution is 2.24. The smallest absolute Gasteiger partial charge is 0.349 e. The summed E-state index contributed by atoms with van der Waals surface area (Å²) in [6, 6.07) is 12.1. The van der Waals surface area contributed by atoms with Crippen molar-refractivity contribution in [3.63, 3.8) is 0 Å². The lowest BCUT2D eigenvalue weighted by atomic mass is 10.1. The van der Waals surface area contributed by atoms with Crippen LogP contribution in [0.25, 0.3) is 11.0 Å². The fourth-order valence-corrected chi connectivity index (χ4v) is 3.03. The van der Waals surface area contributed by atoms with E-state index in [1.54, 1.807) is 37.3 Å². The minimum atomic E-state index is -1.19. The van der Waals surface area contributed by atoms with E-state index in [4.69, 9.17) is 4.42 Å². The lowest BCUT2D eigenvalue weighted by Gasteiger charge is -2.22. The second-order valence-corrected chi connectivity index (χ2v) is 6.37. The second kappa shape index (κ2) is 5.98. The van der Waals surface area contributed by atoms with Gasteiger partial charge >= 0.3 is 5.63 Å². The molecule has 0 saturated carbocycles. The molecule has 0 unspecified atom stereocenters. The van der Waals surface area contributed by atoms with E-state index < -0.39 is 17.1 Å². The Morgan fingerprint density at radius 2 is 2.09 bits per heavy atom. The van der Waals surface area contributed by atoms with E-state index in [-0.39, 0.29) is 12.1 Å². The number of fused-ring (bicyclic) bond motifs is 1. The highest BCUT2D eigenvalue weighted by molar-refractivity contribution is 7.10. The number of carbonyl (C=O) groups excluding carboxylic acids is 1. The number of para-hydroxylation sites is 1. The molecule has 6 heteroatoms. The van der Waals surface area contributed by atoms with Crippen LogP contribution in [0.15, 0.2) is 57.1 Å². The van der Waals surface area contributed by atoms with E-state index in [9.17, 15) is 14.7 Å². The van der Waals surface area contributed by atoms with Crippen LogP contribution in [-0.2, 0) is 5.60 Å². The van der Waals surface area contributed by atoms with E-state index in [2.05, 4.69) is 5.32 Å². The molecule has 3 aromatic rings. The third kappa shape index (κ3) is 3.18. The van der Waals surface area contributed by atoms with Crippen molar-refractivity contribution in [1.82, 2.24) is 5.32 Å². The zero-order chi connectivity index (χ0) is 16.4. The molecule has 5 nitrogen and oxygen atoms in total. The topological polar surface area (TPSA) is 79.5 Å². The molecule has 0 spiro atoms. The van der Waals surface area contributed by atoms with Crippen molar-refractivity contribution in [3.05, 3.63) is 68.7 Å². The standard InChI is InChI=1S/C17H15NO4S/c1-17(21,14-7-4-8-23-14)10-18-15(19)12-9-11-5-2-3-6-13(11)22-16(12)20/h2-9,21H,10H2,1H3,(H,18,19)/t17-/m0/s1. The predicted molar refractivity (Wildman–Crippen MR) is 88.7 cm³/mol. The maximum absolute atomic E-state index is 12.2. The Morgan fingerprint density at radius 1 is 1.30 bits per heavy atom. The van der Waals surface area contributed by atoms with Gasteiger partial charge in [-0.1, -0.05) is 24.3 Å². The van der Waals surface area contributed by atoms with Gasteiger partial charge < -0.3 is 14.8 Å². The molecule has 23 heavy (non-hydrogen) atoms. The third-order valence-electron chi connectivity index (χ3n) is 3.53. The van der Waals surface area contributed by atoms with Crippen molar-refractivity contribution in [2.24, 2.45) is 0 Å². The van der Waals surface area contributed by atoms with Gasteiger partial charge in [-0.25, -0.2) is 4.79 Å². The molecule has 0 radical (unpaired) electrons. The minimum absolute atomic E-state index is 0.00138. The first-order chi connectivity index (χ1) is 11.0. The van der Waals surface area contributed by atoms with E-state index in [1.165, 1.54) is 17.4 Å². The van der Waals surface area contributed by atoms with E-state index >= 15 is 0 Å². The van der Waals surface area contributed by atoms with Gasteiger partial charge in [0.05, 0.1) is 6.54 Å². The first-order valence-electron chi connectivity index (χ1n) is 7.05. The van der Waals surface area contributed by atoms with Gasteiger partial charge in [0.1, 0.15) is 16.7 Å². The molecular formula is C17H15NO4S. The molecule has 1 amide bonds. The Balaban J connectivity index is 1.81. The van der Waals surface area contributed by atoms with Gasteiger partial charge in [-0.15, -0.1) is 11.3 Å². The van der Waals surface area contributed by atoms with Crippen molar-refractivity contribution in [2.75, 3.05) is 6.54 Å². The Hall–Kier alpha value is -2.44. The summed E-state index contributed by atoms with van der Waals surface area (Å²) in [5, 5.41) is 15.5. The van der Waals surface area contributed by atoms with Gasteiger partial charge in [0, 0.05) is 10.3 Å². The van der Waals surface area contributed by atoms with E-state index in [0.717, 1.165) is 4.88 Å². The van der Waals surface area contributed by atoms with E-state index in [1.807, 2.05) is 11.4 Å². The number of benzene rings is 1. The monoisotopic (exact) mass is 329 g/mol. The minimum Gasteiger partial charge on any atom is -0.422 e. The Morgan fingerprint density at radius 3 is 2.83 bits per heavy atom. The van der Waals surface area contributed by atoms with Crippen LogP contribution in [0.4, 0.5) is 0 Å². The molecule has 0 aliphatic heterocycles. The van der Waals surface area contributed by atoms with Crippen LogP contribution < -0.4 is 10.9 Å². The first-order valence-corrected chi connectivity index (χ1v) is 7.93. The highest BCUT2D eigenvalue weighted by Gasteiger charge is 2.25. The molecule has 118 valence electrons. The van der Waals surface area contributed by atoms with E-state index in [0.29, 0.717) is 11.0 Å². The largest absolute Gasteiger partial charge is 0.422 e. The fourth-order valence-electron chi connectivity index (χ4n) is 2.24. The summed E-state index contributed by atoms with van der Waals surface area (Å²) in [4.78, 5) is 24.9. The van der Waals surface area contributed by atoms with Crippen LogP contribution >= 0.6 is 11.3 Å². The molecule has 0 bridgehead atoms. The highest BCUT2D eigenvalue weighted by atomic mass is 32.1. The van der Waals surface area contributed by atoms with Crippen LogP contribution in [0.5, 0.6) is 0 Å². The average Bonchev–Trinajstić information content (AvgIpc) is 3.07. The quantitative estimate of drug-likeness (QED) is 0.721. The molecule has 0 aliphatic rings. The maximum atomic E-state index is 12.2. The number of nitrogens with one attached hydrogen (secondary N) is 1. The molecule has 1 aromatic carbocycles. The maximum Gasteiger partial charge on any atom is 0.349 e. The normalized spacial score (nSPS) is 13.7. The summed E-state index contributed by atoms with van der Waals surface area (Å²) in [5.41, 5.74) is -1.54. The molecule has 0 saturated heterocycles. The van der Waals surface area contributed by atoms with Gasteiger partial charge in [-0.2, -0.15) is 0 Å². The molecule has 3 rings (SSSR count). The Labute approximate surface area is 136 Å². The average molecular weight is 329 g/mol. The fraction of sp³-hybridized carbons (Fsp3) is 0.176. The summed E-state index contributed by atoms with van der Waals surface area (Å²) >= 11 is 1.40. The SMILES string of the molecule is C[C@](O)(CNC(=O)c1cc2ccccc2oc1=O)c1cccs1. The van der Waals surface area contributed by atoms with Gasteiger partial charge in [-0.05, 0) is 30.5 Å². The number of thiophene rings is 1. The zero-order valence-corrected chi connectivity index (χ0v) is 13.2. The van der Waals surface area contributed by atoms with Gasteiger partial charge in [-0.3, -0.25) is 4.79 Å². The molecule has 1 atom stereocenters. The Kier molecular flexibility index (Phi) is 4.02. The number of hydrogen-bond donors (Lipinski definition) is 2. The first kappa shape index (κ1) is 15.5. The van der Waals surface area contributed by atoms with Crippen molar-refractivity contribution in [1.29, 1.82) is 0 Å². The summed E-state index contributed by atoms with van der Waals surface area (Å²) in [6.45, 7) is 1.61. The van der Waals surface area contributed by atoms with Crippen LogP contribution in [0.2, 0.25) is 0 Å². The van der Waals surface area contributed by atoms with Gasteiger partial charge in [0.2, 0.25) is 0 Å². The van der Waals surface area contributed by atoms with Crippen LogP contribution in [0.1, 0.15) is 22.2 Å². The zero-order valence-electron chi connectivity index (χ0n) is 12.4. The number of hydrogen-bond acceptors (Lipinski definition) is 5. The number of carbonyl (C=O) groups is 1. The molecule has 2 aromatic heterocycles. The van der Waals surface area contributed by atoms with Crippen LogP contribution in [-0.4, -0.2) is 17.6 Å². The lowest BCUT2D eigenvalue weighted by molar-refractivity contribution is 0.0555. The summed E-state index contributed by atoms with van der Waals surface area (Å²) in [6.07, 6.45) is 0. The summed E-state index contributed by atoms with van der Waals surface area (Å²) in [7, 11) is 0. The number of rotatable bonds is 4. The second-order valence-electron chi connectivity index (χ2n) is 5.42. The van der Waals surface area contributed by atoms with Gasteiger partial charge in [0.15, 0.2) is 0 Å². The molecule has 2 heterocycles. The lowest BCUT2D eigenvalue weighted by Crippen LogP contribution is -2.39. The van der Waals surface area contributed by atoms with Crippen molar-refractivity contribution >= 4 is 28.2 Å². The van der Waals surface area contributed by atoms with Crippen molar-refractivity contribution < 1.29 is 14.3 Å². The summed E-state index contributed by atoms with van der Waals surface area (Å²) < 4.78 is 5.14. The third-order valence-corrected chi connectivity index (χ3v) is 4.65. The predicted octanol–water partition coefficient (Wildman–Crippen LogP) is 2.49. The molecular weight excluding hydrogens is 314 g/mol. The van der Waals surface area contributed by atoms with Crippen LogP contribution in [0, 0.1) is 0 Å². The number of aliphatic hydroxyl groups is 1. The molecule has 2 N–H and O–H groups in total. The molecule has 0 aliphatic carbocycles.